The van der Waals surface area contributed by atoms with Gasteiger partial charge >= 0.3 is 5.97 Å². The second kappa shape index (κ2) is 6.72. The van der Waals surface area contributed by atoms with Crippen LogP contribution in [0.3, 0.4) is 0 Å². The number of rotatable bonds is 5. The molecule has 1 aliphatic carbocycles. The Balaban J connectivity index is 1.42. The maximum Gasteiger partial charge on any atom is 0.313 e. The number of hydrogen-bond acceptors (Lipinski definition) is 4. The average molecular weight is 367 g/mol. The molecule has 2 heterocycles. The SMILES string of the molecule is C=C1CC2COC(=O)C2(Cc2ccc(NC(=O)Cc3cccs3)cc2)C1. The van der Waals surface area contributed by atoms with E-state index in [0.29, 0.717) is 19.4 Å². The van der Waals surface area contributed by atoms with Crippen LogP contribution < -0.4 is 5.32 Å². The van der Waals surface area contributed by atoms with Crippen LogP contribution in [0, 0.1) is 11.3 Å². The number of amides is 1. The van der Waals surface area contributed by atoms with Crippen molar-refractivity contribution in [2.45, 2.75) is 25.7 Å². The molecule has 134 valence electrons. The summed E-state index contributed by atoms with van der Waals surface area (Å²) < 4.78 is 5.33. The summed E-state index contributed by atoms with van der Waals surface area (Å²) in [6.45, 7) is 4.59. The second-order valence-corrected chi connectivity index (χ2v) is 8.29. The number of fused-ring (bicyclic) bond motifs is 1. The summed E-state index contributed by atoms with van der Waals surface area (Å²) in [7, 11) is 0. The Bertz CT molecular complexity index is 841. The van der Waals surface area contributed by atoms with Crippen molar-refractivity contribution in [2.75, 3.05) is 11.9 Å². The van der Waals surface area contributed by atoms with Gasteiger partial charge in [-0.15, -0.1) is 11.3 Å². The van der Waals surface area contributed by atoms with E-state index >= 15 is 0 Å². The Labute approximate surface area is 156 Å². The summed E-state index contributed by atoms with van der Waals surface area (Å²) in [6.07, 6.45) is 2.65. The zero-order valence-corrected chi connectivity index (χ0v) is 15.3. The number of thiophene rings is 1. The van der Waals surface area contributed by atoms with Gasteiger partial charge in [0.15, 0.2) is 0 Å². The van der Waals surface area contributed by atoms with Crippen molar-refractivity contribution in [1.29, 1.82) is 0 Å². The minimum atomic E-state index is -0.443. The highest BCUT2D eigenvalue weighted by molar-refractivity contribution is 7.10. The molecular weight excluding hydrogens is 346 g/mol. The van der Waals surface area contributed by atoms with Gasteiger partial charge in [-0.3, -0.25) is 9.59 Å². The van der Waals surface area contributed by atoms with Gasteiger partial charge in [0.1, 0.15) is 0 Å². The number of carbonyl (C=O) groups excluding carboxylic acids is 2. The summed E-state index contributed by atoms with van der Waals surface area (Å²) in [5.41, 5.74) is 2.55. The number of anilines is 1. The number of esters is 1. The summed E-state index contributed by atoms with van der Waals surface area (Å²) in [5.74, 6) is 0.132. The van der Waals surface area contributed by atoms with Gasteiger partial charge in [0, 0.05) is 16.5 Å². The third-order valence-electron chi connectivity index (χ3n) is 5.38. The fourth-order valence-electron chi connectivity index (χ4n) is 4.11. The van der Waals surface area contributed by atoms with E-state index in [1.54, 1.807) is 11.3 Å². The standard InChI is InChI=1S/C21H21NO3S/c1-14-9-16-13-25-20(24)21(16,11-14)12-15-4-6-17(7-5-15)22-19(23)10-18-3-2-8-26-18/h2-8,16H,1,9-13H2,(H,22,23). The number of allylic oxidation sites excluding steroid dienone is 1. The molecule has 26 heavy (non-hydrogen) atoms. The minimum Gasteiger partial charge on any atom is -0.465 e. The Morgan fingerprint density at radius 2 is 2.12 bits per heavy atom. The van der Waals surface area contributed by atoms with Gasteiger partial charge in [0.25, 0.3) is 0 Å². The summed E-state index contributed by atoms with van der Waals surface area (Å²) >= 11 is 1.58. The Morgan fingerprint density at radius 3 is 2.85 bits per heavy atom. The van der Waals surface area contributed by atoms with Crippen molar-refractivity contribution in [3.05, 3.63) is 64.4 Å². The molecule has 5 heteroatoms. The molecular formula is C21H21NO3S. The number of benzene rings is 1. The largest absolute Gasteiger partial charge is 0.465 e. The molecule has 2 atom stereocenters. The maximum atomic E-state index is 12.4. The molecule has 0 spiro atoms. The predicted octanol–water partition coefficient (Wildman–Crippen LogP) is 3.98. The normalized spacial score (nSPS) is 24.4. The first-order valence-corrected chi connectivity index (χ1v) is 9.68. The van der Waals surface area contributed by atoms with Crippen molar-refractivity contribution in [3.8, 4) is 0 Å². The molecule has 1 aliphatic heterocycles. The van der Waals surface area contributed by atoms with E-state index in [-0.39, 0.29) is 17.8 Å². The highest BCUT2D eigenvalue weighted by Crippen LogP contribution is 2.52. The Morgan fingerprint density at radius 1 is 1.31 bits per heavy atom. The first-order valence-electron chi connectivity index (χ1n) is 8.80. The molecule has 2 unspecified atom stereocenters. The van der Waals surface area contributed by atoms with Crippen molar-refractivity contribution >= 4 is 28.9 Å². The molecule has 1 aromatic carbocycles. The van der Waals surface area contributed by atoms with E-state index in [0.717, 1.165) is 34.5 Å². The van der Waals surface area contributed by atoms with E-state index in [4.69, 9.17) is 4.74 Å². The average Bonchev–Trinajstić information content (AvgIpc) is 3.28. The lowest BCUT2D eigenvalue weighted by atomic mass is 9.75. The third-order valence-corrected chi connectivity index (χ3v) is 6.25. The predicted molar refractivity (Wildman–Crippen MR) is 102 cm³/mol. The van der Waals surface area contributed by atoms with Crippen molar-refractivity contribution in [3.63, 3.8) is 0 Å². The van der Waals surface area contributed by atoms with Crippen LogP contribution in [0.4, 0.5) is 5.69 Å². The van der Waals surface area contributed by atoms with Gasteiger partial charge in [0.2, 0.25) is 5.91 Å². The second-order valence-electron chi connectivity index (χ2n) is 7.26. The molecule has 1 amide bonds. The molecule has 0 bridgehead atoms. The van der Waals surface area contributed by atoms with E-state index in [1.165, 1.54) is 0 Å². The zero-order valence-electron chi connectivity index (χ0n) is 14.5. The van der Waals surface area contributed by atoms with Gasteiger partial charge in [-0.2, -0.15) is 0 Å². The molecule has 1 aromatic heterocycles. The van der Waals surface area contributed by atoms with Crippen LogP contribution >= 0.6 is 11.3 Å². The van der Waals surface area contributed by atoms with Crippen LogP contribution in [-0.2, 0) is 27.2 Å². The van der Waals surface area contributed by atoms with Crippen LogP contribution in [0.1, 0.15) is 23.3 Å². The molecule has 0 radical (unpaired) electrons. The molecule has 2 aromatic rings. The van der Waals surface area contributed by atoms with E-state index in [2.05, 4.69) is 11.9 Å². The van der Waals surface area contributed by atoms with Gasteiger partial charge in [-0.1, -0.05) is 30.4 Å². The minimum absolute atomic E-state index is 0.0229. The van der Waals surface area contributed by atoms with Gasteiger partial charge < -0.3 is 10.1 Å². The number of ether oxygens (including phenoxy) is 1. The summed E-state index contributed by atoms with van der Waals surface area (Å²) in [4.78, 5) is 25.5. The zero-order chi connectivity index (χ0) is 18.1. The number of carbonyl (C=O) groups is 2. The molecule has 1 saturated heterocycles. The lowest BCUT2D eigenvalue weighted by Gasteiger charge is -2.24. The number of hydrogen-bond donors (Lipinski definition) is 1. The van der Waals surface area contributed by atoms with E-state index in [9.17, 15) is 9.59 Å². The van der Waals surface area contributed by atoms with E-state index < -0.39 is 5.41 Å². The number of nitrogens with one attached hydrogen (secondary N) is 1. The Hall–Kier alpha value is -2.40. The summed E-state index contributed by atoms with van der Waals surface area (Å²) in [6, 6.07) is 11.7. The molecule has 4 nitrogen and oxygen atoms in total. The first-order chi connectivity index (χ1) is 12.5. The van der Waals surface area contributed by atoms with Crippen molar-refractivity contribution in [2.24, 2.45) is 11.3 Å². The van der Waals surface area contributed by atoms with Gasteiger partial charge in [-0.25, -0.2) is 0 Å². The van der Waals surface area contributed by atoms with Crippen molar-refractivity contribution in [1.82, 2.24) is 0 Å². The van der Waals surface area contributed by atoms with Crippen LogP contribution in [0.25, 0.3) is 0 Å². The first kappa shape index (κ1) is 17.0. The van der Waals surface area contributed by atoms with Crippen LogP contribution in [0.15, 0.2) is 53.9 Å². The maximum absolute atomic E-state index is 12.4. The molecule has 2 fully saturated rings. The van der Waals surface area contributed by atoms with Gasteiger partial charge in [-0.05, 0) is 48.4 Å². The highest BCUT2D eigenvalue weighted by atomic mass is 32.1. The van der Waals surface area contributed by atoms with Crippen molar-refractivity contribution < 1.29 is 14.3 Å². The van der Waals surface area contributed by atoms with Crippen LogP contribution in [-0.4, -0.2) is 18.5 Å². The van der Waals surface area contributed by atoms with E-state index in [1.807, 2.05) is 41.8 Å². The molecule has 4 rings (SSSR count). The fraction of sp³-hybridized carbons (Fsp3) is 0.333. The van der Waals surface area contributed by atoms with Crippen LogP contribution in [0.5, 0.6) is 0 Å². The lowest BCUT2D eigenvalue weighted by molar-refractivity contribution is -0.146. The van der Waals surface area contributed by atoms with Gasteiger partial charge in [0.05, 0.1) is 18.4 Å². The Kier molecular flexibility index (Phi) is 4.41. The molecule has 1 saturated carbocycles. The molecule has 1 N–H and O–H groups in total. The highest BCUT2D eigenvalue weighted by Gasteiger charge is 2.55. The fourth-order valence-corrected chi connectivity index (χ4v) is 4.81. The molecule has 2 aliphatic rings. The number of cyclic esters (lactones) is 1. The smallest absolute Gasteiger partial charge is 0.313 e. The quantitative estimate of drug-likeness (QED) is 0.642. The van der Waals surface area contributed by atoms with Crippen LogP contribution in [0.2, 0.25) is 0 Å². The topological polar surface area (TPSA) is 55.4 Å². The lowest BCUT2D eigenvalue weighted by Crippen LogP contribution is -2.31. The third kappa shape index (κ3) is 3.19. The summed E-state index contributed by atoms with van der Waals surface area (Å²) in [5, 5.41) is 4.89. The monoisotopic (exact) mass is 367 g/mol.